The van der Waals surface area contributed by atoms with E-state index in [-0.39, 0.29) is 5.92 Å². The van der Waals surface area contributed by atoms with Gasteiger partial charge in [-0.15, -0.1) is 0 Å². The molecular formula is C17H25BrN2O. The number of hydrogen-bond donors (Lipinski definition) is 1. The van der Waals surface area contributed by atoms with Crippen LogP contribution in [0, 0.1) is 5.92 Å². The molecule has 1 aliphatic heterocycles. The second-order valence-corrected chi connectivity index (χ2v) is 6.98. The lowest BCUT2D eigenvalue weighted by Gasteiger charge is -2.33. The predicted octanol–water partition coefficient (Wildman–Crippen LogP) is 3.40. The monoisotopic (exact) mass is 352 g/mol. The van der Waals surface area contributed by atoms with Gasteiger partial charge in [-0.3, -0.25) is 4.79 Å². The molecule has 1 aliphatic rings. The lowest BCUT2D eigenvalue weighted by atomic mass is 9.94. The molecule has 1 fully saturated rings. The lowest BCUT2D eigenvalue weighted by Crippen LogP contribution is -2.42. The Morgan fingerprint density at radius 1 is 1.43 bits per heavy atom. The number of carbonyl (C=O) groups excluding carboxylic acids is 1. The SMILES string of the molecule is CNCC1CCCN(C(=O)CC(C)c2ccc(Br)cc2)C1. The van der Waals surface area contributed by atoms with Gasteiger partial charge in [0, 0.05) is 24.0 Å². The van der Waals surface area contributed by atoms with Crippen LogP contribution in [0.25, 0.3) is 0 Å². The second kappa shape index (κ2) is 7.95. The Labute approximate surface area is 136 Å². The summed E-state index contributed by atoms with van der Waals surface area (Å²) in [6.07, 6.45) is 2.96. The number of likely N-dealkylation sites (tertiary alicyclic amines) is 1. The molecular weight excluding hydrogens is 328 g/mol. The largest absolute Gasteiger partial charge is 0.342 e. The summed E-state index contributed by atoms with van der Waals surface area (Å²) in [7, 11) is 1.98. The van der Waals surface area contributed by atoms with Gasteiger partial charge in [0.15, 0.2) is 0 Å². The van der Waals surface area contributed by atoms with Gasteiger partial charge >= 0.3 is 0 Å². The number of piperidine rings is 1. The van der Waals surface area contributed by atoms with E-state index in [0.29, 0.717) is 18.2 Å². The lowest BCUT2D eigenvalue weighted by molar-refractivity contribution is -0.133. The molecule has 1 N–H and O–H groups in total. The summed E-state index contributed by atoms with van der Waals surface area (Å²) < 4.78 is 1.08. The minimum Gasteiger partial charge on any atom is -0.342 e. The fourth-order valence-electron chi connectivity index (χ4n) is 3.05. The summed E-state index contributed by atoms with van der Waals surface area (Å²) in [4.78, 5) is 14.6. The summed E-state index contributed by atoms with van der Waals surface area (Å²) in [6.45, 7) is 4.97. The molecule has 1 aromatic rings. The molecule has 21 heavy (non-hydrogen) atoms. The Hall–Kier alpha value is -0.870. The third kappa shape index (κ3) is 4.82. The van der Waals surface area contributed by atoms with Crippen LogP contribution < -0.4 is 5.32 Å². The van der Waals surface area contributed by atoms with Crippen molar-refractivity contribution < 1.29 is 4.79 Å². The summed E-state index contributed by atoms with van der Waals surface area (Å²) in [5, 5.41) is 3.23. The van der Waals surface area contributed by atoms with E-state index in [1.807, 2.05) is 19.2 Å². The van der Waals surface area contributed by atoms with Crippen molar-refractivity contribution in [3.63, 3.8) is 0 Å². The summed E-state index contributed by atoms with van der Waals surface area (Å²) in [6, 6.07) is 8.28. The number of amides is 1. The van der Waals surface area contributed by atoms with Crippen LogP contribution in [0.1, 0.15) is 37.7 Å². The third-order valence-electron chi connectivity index (χ3n) is 4.28. The molecule has 0 aliphatic carbocycles. The maximum Gasteiger partial charge on any atom is 0.223 e. The van der Waals surface area contributed by atoms with Gasteiger partial charge in [-0.2, -0.15) is 0 Å². The maximum atomic E-state index is 12.5. The van der Waals surface area contributed by atoms with E-state index in [1.165, 1.54) is 12.0 Å². The minimum absolute atomic E-state index is 0.273. The van der Waals surface area contributed by atoms with Crippen molar-refractivity contribution in [3.8, 4) is 0 Å². The van der Waals surface area contributed by atoms with E-state index in [4.69, 9.17) is 0 Å². The van der Waals surface area contributed by atoms with Crippen molar-refractivity contribution in [2.24, 2.45) is 5.92 Å². The molecule has 0 aromatic heterocycles. The number of nitrogens with one attached hydrogen (secondary N) is 1. The summed E-state index contributed by atoms with van der Waals surface area (Å²) >= 11 is 3.45. The highest BCUT2D eigenvalue weighted by molar-refractivity contribution is 9.10. The van der Waals surface area contributed by atoms with E-state index < -0.39 is 0 Å². The normalized spacial score (nSPS) is 20.3. The van der Waals surface area contributed by atoms with Crippen LogP contribution in [0.2, 0.25) is 0 Å². The van der Waals surface area contributed by atoms with E-state index in [1.54, 1.807) is 0 Å². The highest BCUT2D eigenvalue weighted by Gasteiger charge is 2.24. The summed E-state index contributed by atoms with van der Waals surface area (Å²) in [5.41, 5.74) is 1.23. The second-order valence-electron chi connectivity index (χ2n) is 6.06. The van der Waals surface area contributed by atoms with Crippen LogP contribution in [0.5, 0.6) is 0 Å². The molecule has 1 saturated heterocycles. The van der Waals surface area contributed by atoms with Crippen molar-refractivity contribution in [1.29, 1.82) is 0 Å². The first-order chi connectivity index (χ1) is 10.1. The van der Waals surface area contributed by atoms with Gasteiger partial charge in [-0.1, -0.05) is 35.0 Å². The van der Waals surface area contributed by atoms with Crippen LogP contribution in [-0.2, 0) is 4.79 Å². The van der Waals surface area contributed by atoms with Crippen molar-refractivity contribution >= 4 is 21.8 Å². The van der Waals surface area contributed by atoms with Crippen molar-refractivity contribution in [2.75, 3.05) is 26.7 Å². The van der Waals surface area contributed by atoms with E-state index >= 15 is 0 Å². The first-order valence-corrected chi connectivity index (χ1v) is 8.57. The first kappa shape index (κ1) is 16.5. The number of benzene rings is 1. The number of carbonyl (C=O) groups is 1. The van der Waals surface area contributed by atoms with E-state index in [0.717, 1.165) is 30.5 Å². The molecule has 2 atom stereocenters. The fraction of sp³-hybridized carbons (Fsp3) is 0.588. The quantitative estimate of drug-likeness (QED) is 0.880. The molecule has 116 valence electrons. The molecule has 0 spiro atoms. The number of hydrogen-bond acceptors (Lipinski definition) is 2. The molecule has 1 aromatic carbocycles. The first-order valence-electron chi connectivity index (χ1n) is 7.78. The number of halogens is 1. The fourth-order valence-corrected chi connectivity index (χ4v) is 3.31. The van der Waals surface area contributed by atoms with Crippen LogP contribution in [0.4, 0.5) is 0 Å². The zero-order valence-electron chi connectivity index (χ0n) is 12.9. The van der Waals surface area contributed by atoms with Gasteiger partial charge in [0.2, 0.25) is 5.91 Å². The minimum atomic E-state index is 0.273. The van der Waals surface area contributed by atoms with Gasteiger partial charge in [-0.05, 0) is 56.0 Å². The van der Waals surface area contributed by atoms with E-state index in [9.17, 15) is 4.79 Å². The zero-order valence-corrected chi connectivity index (χ0v) is 14.5. The zero-order chi connectivity index (χ0) is 15.2. The molecule has 3 nitrogen and oxygen atoms in total. The molecule has 4 heteroatoms. The van der Waals surface area contributed by atoms with E-state index in [2.05, 4.69) is 45.2 Å². The van der Waals surface area contributed by atoms with Crippen molar-refractivity contribution in [3.05, 3.63) is 34.3 Å². The van der Waals surface area contributed by atoms with Crippen LogP contribution in [0.15, 0.2) is 28.7 Å². The Kier molecular flexibility index (Phi) is 6.24. The maximum absolute atomic E-state index is 12.5. The molecule has 2 rings (SSSR count). The van der Waals surface area contributed by atoms with Crippen molar-refractivity contribution in [2.45, 2.75) is 32.1 Å². The van der Waals surface area contributed by atoms with Gasteiger partial charge < -0.3 is 10.2 Å². The van der Waals surface area contributed by atoms with Gasteiger partial charge in [0.05, 0.1) is 0 Å². The molecule has 1 heterocycles. The predicted molar refractivity (Wildman–Crippen MR) is 90.4 cm³/mol. The Bertz CT molecular complexity index is 458. The molecule has 1 amide bonds. The Balaban J connectivity index is 1.89. The third-order valence-corrected chi connectivity index (χ3v) is 4.81. The standard InChI is InChI=1S/C17H25BrN2O/c1-13(15-5-7-16(18)8-6-15)10-17(21)20-9-3-4-14(12-20)11-19-2/h5-8,13-14,19H,3-4,9-12H2,1-2H3. The highest BCUT2D eigenvalue weighted by Crippen LogP contribution is 2.24. The average Bonchev–Trinajstić information content (AvgIpc) is 2.48. The topological polar surface area (TPSA) is 32.3 Å². The van der Waals surface area contributed by atoms with Crippen molar-refractivity contribution in [1.82, 2.24) is 10.2 Å². The van der Waals surface area contributed by atoms with Crippen LogP contribution >= 0.6 is 15.9 Å². The highest BCUT2D eigenvalue weighted by atomic mass is 79.9. The van der Waals surface area contributed by atoms with Gasteiger partial charge in [0.25, 0.3) is 0 Å². The Morgan fingerprint density at radius 3 is 2.81 bits per heavy atom. The summed E-state index contributed by atoms with van der Waals surface area (Å²) in [5.74, 6) is 1.18. The number of rotatable bonds is 5. The van der Waals surface area contributed by atoms with Crippen LogP contribution in [0.3, 0.4) is 0 Å². The molecule has 0 saturated carbocycles. The smallest absolute Gasteiger partial charge is 0.223 e. The Morgan fingerprint density at radius 2 is 2.14 bits per heavy atom. The molecule has 0 radical (unpaired) electrons. The number of nitrogens with zero attached hydrogens (tertiary/aromatic N) is 1. The molecule has 2 unspecified atom stereocenters. The molecule has 0 bridgehead atoms. The van der Waals surface area contributed by atoms with Crippen LogP contribution in [-0.4, -0.2) is 37.5 Å². The van der Waals surface area contributed by atoms with Gasteiger partial charge in [0.1, 0.15) is 0 Å². The van der Waals surface area contributed by atoms with Gasteiger partial charge in [-0.25, -0.2) is 0 Å². The average molecular weight is 353 g/mol.